The van der Waals surface area contributed by atoms with Crippen LogP contribution in [0.5, 0.6) is 0 Å². The van der Waals surface area contributed by atoms with E-state index in [2.05, 4.69) is 29.4 Å². The van der Waals surface area contributed by atoms with E-state index >= 15 is 0 Å². The standard InChI is InChI=1S/C16H27N5O2/c1-13(2)5-9-21-10-6-14(3-4-16(21)23)19-15(22)7-8-20-11-17-18-12-20/h11-14H,3-10H2,1-2H3,(H,19,22). The third kappa shape index (κ3) is 6.00. The van der Waals surface area contributed by atoms with Gasteiger partial charge in [0.15, 0.2) is 0 Å². The summed E-state index contributed by atoms with van der Waals surface area (Å²) in [5.74, 6) is 0.831. The topological polar surface area (TPSA) is 80.1 Å². The second-order valence-electron chi connectivity index (χ2n) is 6.60. The molecule has 1 aliphatic heterocycles. The molecule has 2 amide bonds. The van der Waals surface area contributed by atoms with Crippen LogP contribution in [-0.4, -0.2) is 50.6 Å². The van der Waals surface area contributed by atoms with Crippen molar-refractivity contribution in [1.29, 1.82) is 0 Å². The Morgan fingerprint density at radius 2 is 2.04 bits per heavy atom. The summed E-state index contributed by atoms with van der Waals surface area (Å²) in [6, 6.07) is 0.0939. The van der Waals surface area contributed by atoms with Crippen LogP contribution in [0.1, 0.15) is 46.0 Å². The van der Waals surface area contributed by atoms with Gasteiger partial charge in [0, 0.05) is 38.5 Å². The number of hydrogen-bond acceptors (Lipinski definition) is 4. The van der Waals surface area contributed by atoms with Crippen molar-refractivity contribution in [3.8, 4) is 0 Å². The zero-order chi connectivity index (χ0) is 16.7. The first-order chi connectivity index (χ1) is 11.0. The van der Waals surface area contributed by atoms with Crippen molar-refractivity contribution >= 4 is 11.8 Å². The highest BCUT2D eigenvalue weighted by molar-refractivity contribution is 5.78. The average molecular weight is 321 g/mol. The minimum Gasteiger partial charge on any atom is -0.353 e. The summed E-state index contributed by atoms with van der Waals surface area (Å²) >= 11 is 0. The van der Waals surface area contributed by atoms with E-state index in [0.29, 0.717) is 25.3 Å². The number of aromatic nitrogens is 3. The first-order valence-corrected chi connectivity index (χ1v) is 8.44. The molecule has 0 saturated carbocycles. The van der Waals surface area contributed by atoms with Crippen molar-refractivity contribution in [1.82, 2.24) is 25.0 Å². The van der Waals surface area contributed by atoms with Crippen LogP contribution in [0.15, 0.2) is 12.7 Å². The minimum atomic E-state index is 0.0202. The third-order valence-corrected chi connectivity index (χ3v) is 4.21. The molecule has 1 aromatic heterocycles. The molecule has 128 valence electrons. The highest BCUT2D eigenvalue weighted by Gasteiger charge is 2.23. The fraction of sp³-hybridized carbons (Fsp3) is 0.750. The lowest BCUT2D eigenvalue weighted by atomic mass is 10.1. The molecule has 1 unspecified atom stereocenters. The third-order valence-electron chi connectivity index (χ3n) is 4.21. The van der Waals surface area contributed by atoms with E-state index in [1.165, 1.54) is 0 Å². The summed E-state index contributed by atoms with van der Waals surface area (Å²) in [6.07, 6.45) is 6.72. The van der Waals surface area contributed by atoms with Crippen molar-refractivity contribution in [3.63, 3.8) is 0 Å². The monoisotopic (exact) mass is 321 g/mol. The largest absolute Gasteiger partial charge is 0.353 e. The molecule has 0 bridgehead atoms. The molecule has 2 heterocycles. The van der Waals surface area contributed by atoms with E-state index in [0.717, 1.165) is 32.4 Å². The number of likely N-dealkylation sites (tertiary alicyclic amines) is 1. The molecular weight excluding hydrogens is 294 g/mol. The smallest absolute Gasteiger partial charge is 0.222 e. The molecular formula is C16H27N5O2. The normalized spacial score (nSPS) is 19.0. The average Bonchev–Trinajstić information content (AvgIpc) is 2.97. The lowest BCUT2D eigenvalue weighted by Gasteiger charge is -2.22. The summed E-state index contributed by atoms with van der Waals surface area (Å²) in [5, 5.41) is 10.5. The lowest BCUT2D eigenvalue weighted by Crippen LogP contribution is -2.36. The van der Waals surface area contributed by atoms with Crippen LogP contribution in [-0.2, 0) is 16.1 Å². The molecule has 1 aliphatic rings. The highest BCUT2D eigenvalue weighted by Crippen LogP contribution is 2.14. The van der Waals surface area contributed by atoms with Gasteiger partial charge in [-0.25, -0.2) is 0 Å². The number of amides is 2. The Morgan fingerprint density at radius 1 is 1.30 bits per heavy atom. The summed E-state index contributed by atoms with van der Waals surface area (Å²) in [4.78, 5) is 26.1. The fourth-order valence-corrected chi connectivity index (χ4v) is 2.70. The Hall–Kier alpha value is -1.92. The number of hydrogen-bond donors (Lipinski definition) is 1. The Labute approximate surface area is 137 Å². The van der Waals surface area contributed by atoms with E-state index in [9.17, 15) is 9.59 Å². The number of nitrogens with zero attached hydrogens (tertiary/aromatic N) is 4. The van der Waals surface area contributed by atoms with Crippen LogP contribution >= 0.6 is 0 Å². The quantitative estimate of drug-likeness (QED) is 0.818. The zero-order valence-corrected chi connectivity index (χ0v) is 14.1. The maximum atomic E-state index is 12.1. The van der Waals surface area contributed by atoms with Gasteiger partial charge < -0.3 is 14.8 Å². The van der Waals surface area contributed by atoms with Crippen LogP contribution in [0.4, 0.5) is 0 Å². The van der Waals surface area contributed by atoms with Crippen molar-refractivity contribution in [3.05, 3.63) is 12.7 Å². The van der Waals surface area contributed by atoms with Crippen molar-refractivity contribution in [2.24, 2.45) is 5.92 Å². The zero-order valence-electron chi connectivity index (χ0n) is 14.1. The van der Waals surface area contributed by atoms with Crippen LogP contribution in [0.3, 0.4) is 0 Å². The van der Waals surface area contributed by atoms with E-state index in [1.807, 2.05) is 4.90 Å². The summed E-state index contributed by atoms with van der Waals surface area (Å²) in [5.41, 5.74) is 0. The molecule has 0 aliphatic carbocycles. The Bertz CT molecular complexity index is 501. The van der Waals surface area contributed by atoms with Crippen LogP contribution < -0.4 is 5.32 Å². The predicted molar refractivity (Wildman–Crippen MR) is 86.5 cm³/mol. The number of rotatable bonds is 7. The number of carbonyl (C=O) groups excluding carboxylic acids is 2. The fourth-order valence-electron chi connectivity index (χ4n) is 2.70. The van der Waals surface area contributed by atoms with Gasteiger partial charge in [0.1, 0.15) is 12.7 Å². The van der Waals surface area contributed by atoms with Gasteiger partial charge in [-0.1, -0.05) is 13.8 Å². The predicted octanol–water partition coefficient (Wildman–Crippen LogP) is 1.21. The van der Waals surface area contributed by atoms with Gasteiger partial charge in [-0.15, -0.1) is 10.2 Å². The van der Waals surface area contributed by atoms with Gasteiger partial charge in [0.05, 0.1) is 0 Å². The van der Waals surface area contributed by atoms with E-state index < -0.39 is 0 Å². The molecule has 0 aromatic carbocycles. The highest BCUT2D eigenvalue weighted by atomic mass is 16.2. The lowest BCUT2D eigenvalue weighted by molar-refractivity contribution is -0.131. The Kier molecular flexibility index (Phi) is 6.55. The summed E-state index contributed by atoms with van der Waals surface area (Å²) < 4.78 is 1.78. The number of nitrogens with one attached hydrogen (secondary N) is 1. The van der Waals surface area contributed by atoms with E-state index in [-0.39, 0.29) is 17.9 Å². The first-order valence-electron chi connectivity index (χ1n) is 8.44. The van der Waals surface area contributed by atoms with E-state index in [1.54, 1.807) is 17.2 Å². The SMILES string of the molecule is CC(C)CCN1CCC(NC(=O)CCn2cnnc2)CCC1=O. The molecule has 1 N–H and O–H groups in total. The first kappa shape index (κ1) is 17.4. The minimum absolute atomic E-state index is 0.0202. The van der Waals surface area contributed by atoms with Crippen LogP contribution in [0.25, 0.3) is 0 Å². The van der Waals surface area contributed by atoms with Crippen LogP contribution in [0, 0.1) is 5.92 Å². The Morgan fingerprint density at radius 3 is 2.74 bits per heavy atom. The molecule has 23 heavy (non-hydrogen) atoms. The van der Waals surface area contributed by atoms with Crippen LogP contribution in [0.2, 0.25) is 0 Å². The van der Waals surface area contributed by atoms with Gasteiger partial charge in [-0.05, 0) is 25.2 Å². The van der Waals surface area contributed by atoms with Crippen molar-refractivity contribution in [2.75, 3.05) is 13.1 Å². The molecule has 1 aromatic rings. The van der Waals surface area contributed by atoms with Crippen molar-refractivity contribution in [2.45, 2.75) is 58.5 Å². The van der Waals surface area contributed by atoms with Gasteiger partial charge in [0.25, 0.3) is 0 Å². The molecule has 0 radical (unpaired) electrons. The molecule has 1 fully saturated rings. The molecule has 7 heteroatoms. The molecule has 0 spiro atoms. The van der Waals surface area contributed by atoms with Gasteiger partial charge in [-0.3, -0.25) is 9.59 Å². The Balaban J connectivity index is 1.73. The maximum absolute atomic E-state index is 12.1. The molecule has 7 nitrogen and oxygen atoms in total. The number of carbonyl (C=O) groups is 2. The van der Waals surface area contributed by atoms with Gasteiger partial charge >= 0.3 is 0 Å². The second-order valence-corrected chi connectivity index (χ2v) is 6.60. The molecule has 1 atom stereocenters. The van der Waals surface area contributed by atoms with Gasteiger partial charge in [-0.2, -0.15) is 0 Å². The maximum Gasteiger partial charge on any atom is 0.222 e. The summed E-state index contributed by atoms with van der Waals surface area (Å²) in [7, 11) is 0. The molecule has 2 rings (SSSR count). The van der Waals surface area contributed by atoms with Crippen molar-refractivity contribution < 1.29 is 9.59 Å². The van der Waals surface area contributed by atoms with Gasteiger partial charge in [0.2, 0.25) is 11.8 Å². The summed E-state index contributed by atoms with van der Waals surface area (Å²) in [6.45, 7) is 6.47. The number of aryl methyl sites for hydroxylation is 1. The van der Waals surface area contributed by atoms with E-state index in [4.69, 9.17) is 0 Å². The second kappa shape index (κ2) is 8.64. The molecule has 1 saturated heterocycles.